The van der Waals surface area contributed by atoms with E-state index in [9.17, 15) is 4.79 Å². The average Bonchev–Trinajstić information content (AvgIpc) is 2.87. The molecule has 0 saturated carbocycles. The lowest BCUT2D eigenvalue weighted by molar-refractivity contribution is -0.144. The Morgan fingerprint density at radius 2 is 2.14 bits per heavy atom. The molecule has 0 amide bonds. The van der Waals surface area contributed by atoms with Crippen LogP contribution < -0.4 is 10.5 Å². The van der Waals surface area contributed by atoms with Crippen molar-refractivity contribution < 1.29 is 14.3 Å². The second-order valence-electron chi connectivity index (χ2n) is 4.63. The molecule has 1 aromatic carbocycles. The number of carbonyl (C=O) groups is 1. The first-order chi connectivity index (χ1) is 10.1. The van der Waals surface area contributed by atoms with E-state index in [4.69, 9.17) is 15.2 Å². The smallest absolute Gasteiger partial charge is 0.309 e. The van der Waals surface area contributed by atoms with Gasteiger partial charge in [-0.1, -0.05) is 12.1 Å². The Morgan fingerprint density at radius 3 is 2.86 bits per heavy atom. The van der Waals surface area contributed by atoms with Gasteiger partial charge in [0.1, 0.15) is 5.75 Å². The molecule has 0 aliphatic rings. The number of esters is 1. The van der Waals surface area contributed by atoms with Crippen molar-refractivity contribution in [1.29, 1.82) is 0 Å². The Bertz CT molecular complexity index is 595. The SMILES string of the molecule is Cn1cc(CCOC(=O)CCOc2ccccc2N)cn1. The van der Waals surface area contributed by atoms with Gasteiger partial charge in [-0.25, -0.2) is 0 Å². The molecule has 0 aliphatic carbocycles. The van der Waals surface area contributed by atoms with Crippen molar-refractivity contribution in [3.63, 3.8) is 0 Å². The van der Waals surface area contributed by atoms with Gasteiger partial charge in [-0.3, -0.25) is 9.48 Å². The number of anilines is 1. The summed E-state index contributed by atoms with van der Waals surface area (Å²) in [6.07, 6.45) is 4.51. The van der Waals surface area contributed by atoms with E-state index in [-0.39, 0.29) is 19.0 Å². The van der Waals surface area contributed by atoms with Crippen molar-refractivity contribution in [2.24, 2.45) is 7.05 Å². The molecule has 0 spiro atoms. The molecule has 2 aromatic rings. The van der Waals surface area contributed by atoms with Gasteiger partial charge in [0.15, 0.2) is 0 Å². The molecule has 0 unspecified atom stereocenters. The quantitative estimate of drug-likeness (QED) is 0.618. The summed E-state index contributed by atoms with van der Waals surface area (Å²) in [6.45, 7) is 0.595. The minimum absolute atomic E-state index is 0.196. The average molecular weight is 289 g/mol. The van der Waals surface area contributed by atoms with Crippen LogP contribution in [0.1, 0.15) is 12.0 Å². The first-order valence-electron chi connectivity index (χ1n) is 6.75. The van der Waals surface area contributed by atoms with Crippen molar-refractivity contribution >= 4 is 11.7 Å². The van der Waals surface area contributed by atoms with Gasteiger partial charge >= 0.3 is 5.97 Å². The van der Waals surface area contributed by atoms with E-state index >= 15 is 0 Å². The number of aryl methyl sites for hydroxylation is 1. The molecular formula is C15H19N3O3. The number of nitrogens with zero attached hydrogens (tertiary/aromatic N) is 2. The number of benzene rings is 1. The molecule has 0 bridgehead atoms. The monoisotopic (exact) mass is 289 g/mol. The van der Waals surface area contributed by atoms with Crippen LogP contribution in [0.3, 0.4) is 0 Å². The molecule has 2 N–H and O–H groups in total. The second-order valence-corrected chi connectivity index (χ2v) is 4.63. The summed E-state index contributed by atoms with van der Waals surface area (Å²) in [5.41, 5.74) is 7.33. The highest BCUT2D eigenvalue weighted by Crippen LogP contribution is 2.19. The summed E-state index contributed by atoms with van der Waals surface area (Å²) in [6, 6.07) is 7.18. The van der Waals surface area contributed by atoms with Crippen molar-refractivity contribution in [3.8, 4) is 5.75 Å². The third-order valence-electron chi connectivity index (χ3n) is 2.89. The van der Waals surface area contributed by atoms with Crippen molar-refractivity contribution in [1.82, 2.24) is 9.78 Å². The van der Waals surface area contributed by atoms with Gasteiger partial charge in [0.2, 0.25) is 0 Å². The predicted molar refractivity (Wildman–Crippen MR) is 78.8 cm³/mol. The molecule has 0 aliphatic heterocycles. The maximum Gasteiger partial charge on any atom is 0.309 e. The van der Waals surface area contributed by atoms with Crippen LogP contribution in [0.2, 0.25) is 0 Å². The van der Waals surface area contributed by atoms with Crippen LogP contribution in [0.25, 0.3) is 0 Å². The number of ether oxygens (including phenoxy) is 2. The molecule has 0 atom stereocenters. The summed E-state index contributed by atoms with van der Waals surface area (Å²) in [5.74, 6) is 0.300. The normalized spacial score (nSPS) is 10.3. The van der Waals surface area contributed by atoms with E-state index in [0.29, 0.717) is 24.5 Å². The van der Waals surface area contributed by atoms with E-state index in [1.165, 1.54) is 0 Å². The number of para-hydroxylation sites is 2. The number of aromatic nitrogens is 2. The topological polar surface area (TPSA) is 79.4 Å². The van der Waals surface area contributed by atoms with E-state index < -0.39 is 0 Å². The molecule has 0 fully saturated rings. The standard InChI is InChI=1S/C15H19N3O3/c1-18-11-12(10-17-18)6-8-21-15(19)7-9-20-14-5-3-2-4-13(14)16/h2-5,10-11H,6-9,16H2,1H3. The molecule has 0 saturated heterocycles. The maximum atomic E-state index is 11.6. The molecule has 21 heavy (non-hydrogen) atoms. The second kappa shape index (κ2) is 7.33. The highest BCUT2D eigenvalue weighted by molar-refractivity contribution is 5.69. The van der Waals surface area contributed by atoms with Crippen molar-refractivity contribution in [2.75, 3.05) is 18.9 Å². The molecular weight excluding hydrogens is 270 g/mol. The Kier molecular flexibility index (Phi) is 5.20. The van der Waals surface area contributed by atoms with E-state index in [2.05, 4.69) is 5.10 Å². The highest BCUT2D eigenvalue weighted by Gasteiger charge is 2.05. The minimum atomic E-state index is -0.284. The third-order valence-corrected chi connectivity index (χ3v) is 2.89. The van der Waals surface area contributed by atoms with Crippen molar-refractivity contribution in [2.45, 2.75) is 12.8 Å². The van der Waals surface area contributed by atoms with Crippen LogP contribution in [0.15, 0.2) is 36.7 Å². The zero-order valence-corrected chi connectivity index (χ0v) is 12.0. The summed E-state index contributed by atoms with van der Waals surface area (Å²) in [7, 11) is 1.85. The lowest BCUT2D eigenvalue weighted by atomic mass is 10.3. The fourth-order valence-electron chi connectivity index (χ4n) is 1.81. The molecule has 2 rings (SSSR count). The van der Waals surface area contributed by atoms with Crippen molar-refractivity contribution in [3.05, 3.63) is 42.2 Å². The zero-order valence-electron chi connectivity index (χ0n) is 12.0. The Hall–Kier alpha value is -2.50. The Balaban J connectivity index is 1.63. The first-order valence-corrected chi connectivity index (χ1v) is 6.75. The van der Waals surface area contributed by atoms with Crippen LogP contribution in [0.5, 0.6) is 5.75 Å². The first kappa shape index (κ1) is 14.9. The van der Waals surface area contributed by atoms with Crippen LogP contribution in [0, 0.1) is 0 Å². The number of rotatable bonds is 7. The number of nitrogens with two attached hydrogens (primary N) is 1. The number of nitrogen functional groups attached to an aromatic ring is 1. The lowest BCUT2D eigenvalue weighted by Crippen LogP contribution is -2.12. The van der Waals surface area contributed by atoms with Gasteiger partial charge in [-0.15, -0.1) is 0 Å². The van der Waals surface area contributed by atoms with Gasteiger partial charge in [-0.2, -0.15) is 5.10 Å². The van der Waals surface area contributed by atoms with Gasteiger partial charge in [0.25, 0.3) is 0 Å². The Morgan fingerprint density at radius 1 is 1.33 bits per heavy atom. The highest BCUT2D eigenvalue weighted by atomic mass is 16.5. The fourth-order valence-corrected chi connectivity index (χ4v) is 1.81. The molecule has 6 heteroatoms. The van der Waals surface area contributed by atoms with Crippen LogP contribution >= 0.6 is 0 Å². The van der Waals surface area contributed by atoms with Crippen LogP contribution in [0.4, 0.5) is 5.69 Å². The third kappa shape index (κ3) is 4.83. The molecule has 112 valence electrons. The molecule has 1 aromatic heterocycles. The summed E-state index contributed by atoms with van der Waals surface area (Å²) in [5, 5.41) is 4.05. The zero-order chi connectivity index (χ0) is 15.1. The molecule has 1 heterocycles. The summed E-state index contributed by atoms with van der Waals surface area (Å²) >= 11 is 0. The summed E-state index contributed by atoms with van der Waals surface area (Å²) in [4.78, 5) is 11.6. The van der Waals surface area contributed by atoms with Gasteiger partial charge < -0.3 is 15.2 Å². The van der Waals surface area contributed by atoms with E-state index in [1.54, 1.807) is 23.0 Å². The summed E-state index contributed by atoms with van der Waals surface area (Å²) < 4.78 is 12.3. The largest absolute Gasteiger partial charge is 0.491 e. The number of carbonyl (C=O) groups excluding carboxylic acids is 1. The fraction of sp³-hybridized carbons (Fsp3) is 0.333. The number of hydrogen-bond acceptors (Lipinski definition) is 5. The minimum Gasteiger partial charge on any atom is -0.491 e. The van der Waals surface area contributed by atoms with E-state index in [0.717, 1.165) is 5.56 Å². The van der Waals surface area contributed by atoms with Crippen LogP contribution in [-0.2, 0) is 23.0 Å². The molecule has 6 nitrogen and oxygen atoms in total. The maximum absolute atomic E-state index is 11.6. The predicted octanol–water partition coefficient (Wildman–Crippen LogP) is 1.56. The van der Waals surface area contributed by atoms with E-state index in [1.807, 2.05) is 25.4 Å². The van der Waals surface area contributed by atoms with Crippen LogP contribution in [-0.4, -0.2) is 29.0 Å². The van der Waals surface area contributed by atoms with Gasteiger partial charge in [0, 0.05) is 19.7 Å². The Labute approximate surface area is 123 Å². The number of hydrogen-bond donors (Lipinski definition) is 1. The molecule has 0 radical (unpaired) electrons. The van der Waals surface area contributed by atoms with Gasteiger partial charge in [0.05, 0.1) is 31.5 Å². The lowest BCUT2D eigenvalue weighted by Gasteiger charge is -2.08. The van der Waals surface area contributed by atoms with Gasteiger partial charge in [-0.05, 0) is 17.7 Å².